The first-order valence-electron chi connectivity index (χ1n) is 12.1. The van der Waals surface area contributed by atoms with Gasteiger partial charge in [-0.05, 0) is 52.0 Å². The summed E-state index contributed by atoms with van der Waals surface area (Å²) in [5.74, 6) is -0.782. The molecule has 0 bridgehead atoms. The second-order valence-corrected chi connectivity index (χ2v) is 7.92. The minimum absolute atomic E-state index is 0.0587. The van der Waals surface area contributed by atoms with Gasteiger partial charge in [-0.15, -0.1) is 0 Å². The summed E-state index contributed by atoms with van der Waals surface area (Å²) in [4.78, 5) is 28.1. The van der Waals surface area contributed by atoms with Crippen LogP contribution in [0, 0.1) is 0 Å². The SMILES string of the molecule is CCN(CC)c1ccc(/C=N/NC(=O)CCC(=O)N/N=C/c2ccc(N(CC)CC)cc2O)c(O)c1. The molecule has 0 aliphatic heterocycles. The van der Waals surface area contributed by atoms with Crippen molar-refractivity contribution in [2.24, 2.45) is 10.2 Å². The molecular weight excluding hydrogens is 460 g/mol. The van der Waals surface area contributed by atoms with Crippen LogP contribution in [0.2, 0.25) is 0 Å². The molecule has 0 spiro atoms. The highest BCUT2D eigenvalue weighted by Gasteiger charge is 2.08. The number of carbonyl (C=O) groups is 2. The minimum Gasteiger partial charge on any atom is -0.507 e. The molecule has 0 aliphatic carbocycles. The Balaban J connectivity index is 1.79. The van der Waals surface area contributed by atoms with Crippen LogP contribution in [0.3, 0.4) is 0 Å². The van der Waals surface area contributed by atoms with Crippen LogP contribution in [0.1, 0.15) is 51.7 Å². The van der Waals surface area contributed by atoms with Crippen molar-refractivity contribution in [2.45, 2.75) is 40.5 Å². The molecule has 36 heavy (non-hydrogen) atoms. The smallest absolute Gasteiger partial charge is 0.240 e. The molecular formula is C26H36N6O4. The quantitative estimate of drug-likeness (QED) is 0.249. The summed E-state index contributed by atoms with van der Waals surface area (Å²) in [6.45, 7) is 11.4. The van der Waals surface area contributed by atoms with Crippen molar-refractivity contribution in [3.05, 3.63) is 47.5 Å². The predicted molar refractivity (Wildman–Crippen MR) is 144 cm³/mol. The lowest BCUT2D eigenvalue weighted by molar-refractivity contribution is -0.126. The molecule has 2 aromatic rings. The lowest BCUT2D eigenvalue weighted by Crippen LogP contribution is -2.23. The molecule has 194 valence electrons. The van der Waals surface area contributed by atoms with E-state index >= 15 is 0 Å². The number of hydrogen-bond acceptors (Lipinski definition) is 8. The summed E-state index contributed by atoms with van der Waals surface area (Å²) in [5.41, 5.74) is 7.41. The highest BCUT2D eigenvalue weighted by Crippen LogP contribution is 2.24. The fourth-order valence-corrected chi connectivity index (χ4v) is 3.54. The zero-order valence-electron chi connectivity index (χ0n) is 21.4. The third-order valence-corrected chi connectivity index (χ3v) is 5.65. The van der Waals surface area contributed by atoms with Crippen LogP contribution in [0.15, 0.2) is 46.6 Å². The van der Waals surface area contributed by atoms with Gasteiger partial charge in [-0.3, -0.25) is 9.59 Å². The van der Waals surface area contributed by atoms with Gasteiger partial charge in [0.2, 0.25) is 11.8 Å². The zero-order chi connectivity index (χ0) is 26.5. The van der Waals surface area contributed by atoms with Crippen molar-refractivity contribution < 1.29 is 19.8 Å². The number of aromatic hydroxyl groups is 2. The van der Waals surface area contributed by atoms with Gasteiger partial charge < -0.3 is 20.0 Å². The van der Waals surface area contributed by atoms with Gasteiger partial charge in [-0.25, -0.2) is 10.9 Å². The molecule has 0 fully saturated rings. The van der Waals surface area contributed by atoms with Gasteiger partial charge in [-0.2, -0.15) is 10.2 Å². The molecule has 2 aromatic carbocycles. The van der Waals surface area contributed by atoms with Crippen molar-refractivity contribution in [1.82, 2.24) is 10.9 Å². The Morgan fingerprint density at radius 2 is 1.08 bits per heavy atom. The average molecular weight is 497 g/mol. The first kappa shape index (κ1) is 28.2. The number of nitrogens with zero attached hydrogens (tertiary/aromatic N) is 4. The molecule has 0 aromatic heterocycles. The molecule has 0 atom stereocenters. The number of hydrazone groups is 2. The summed E-state index contributed by atoms with van der Waals surface area (Å²) in [5, 5.41) is 28.1. The van der Waals surface area contributed by atoms with Crippen LogP contribution in [0.25, 0.3) is 0 Å². The summed E-state index contributed by atoms with van der Waals surface area (Å²) < 4.78 is 0. The van der Waals surface area contributed by atoms with Crippen molar-refractivity contribution in [2.75, 3.05) is 36.0 Å². The third-order valence-electron chi connectivity index (χ3n) is 5.65. The normalized spacial score (nSPS) is 11.1. The fourth-order valence-electron chi connectivity index (χ4n) is 3.54. The number of amides is 2. The van der Waals surface area contributed by atoms with Gasteiger partial charge >= 0.3 is 0 Å². The van der Waals surface area contributed by atoms with Crippen molar-refractivity contribution in [1.29, 1.82) is 0 Å². The molecule has 0 aliphatic rings. The Labute approximate surface area is 212 Å². The van der Waals surface area contributed by atoms with E-state index in [1.54, 1.807) is 24.3 Å². The maximum atomic E-state index is 12.0. The highest BCUT2D eigenvalue weighted by molar-refractivity contribution is 5.88. The average Bonchev–Trinajstić information content (AvgIpc) is 2.86. The van der Waals surface area contributed by atoms with E-state index in [0.29, 0.717) is 11.1 Å². The molecule has 0 heterocycles. The van der Waals surface area contributed by atoms with E-state index in [-0.39, 0.29) is 24.3 Å². The lowest BCUT2D eigenvalue weighted by atomic mass is 10.2. The Morgan fingerprint density at radius 3 is 1.39 bits per heavy atom. The Bertz CT molecular complexity index is 993. The largest absolute Gasteiger partial charge is 0.507 e. The van der Waals surface area contributed by atoms with Gasteiger partial charge in [0.25, 0.3) is 0 Å². The van der Waals surface area contributed by atoms with Crippen molar-refractivity contribution >= 4 is 35.6 Å². The number of hydrogen-bond donors (Lipinski definition) is 4. The molecule has 2 amide bonds. The Morgan fingerprint density at radius 1 is 0.722 bits per heavy atom. The van der Waals surface area contributed by atoms with Gasteiger partial charge in [0.05, 0.1) is 12.4 Å². The number of anilines is 2. The van der Waals surface area contributed by atoms with E-state index in [1.165, 1.54) is 12.4 Å². The van der Waals surface area contributed by atoms with Gasteiger partial charge in [0.1, 0.15) is 11.5 Å². The first-order valence-corrected chi connectivity index (χ1v) is 12.1. The molecule has 10 heteroatoms. The van der Waals surface area contributed by atoms with Crippen LogP contribution in [0.5, 0.6) is 11.5 Å². The van der Waals surface area contributed by atoms with E-state index in [2.05, 4.69) is 30.9 Å². The monoisotopic (exact) mass is 496 g/mol. The highest BCUT2D eigenvalue weighted by atomic mass is 16.3. The van der Waals surface area contributed by atoms with E-state index < -0.39 is 11.8 Å². The number of phenolic OH excluding ortho intramolecular Hbond substituents is 2. The summed E-state index contributed by atoms with van der Waals surface area (Å²) in [6, 6.07) is 10.5. The van der Waals surface area contributed by atoms with Crippen molar-refractivity contribution in [3.8, 4) is 11.5 Å². The second kappa shape index (κ2) is 14.3. The Hall–Kier alpha value is -4.08. The molecule has 0 unspecified atom stereocenters. The summed E-state index contributed by atoms with van der Waals surface area (Å²) >= 11 is 0. The second-order valence-electron chi connectivity index (χ2n) is 7.92. The van der Waals surface area contributed by atoms with Crippen LogP contribution in [0.4, 0.5) is 11.4 Å². The van der Waals surface area contributed by atoms with Gasteiger partial charge in [0, 0.05) is 73.7 Å². The minimum atomic E-state index is -0.450. The maximum Gasteiger partial charge on any atom is 0.240 e. The lowest BCUT2D eigenvalue weighted by Gasteiger charge is -2.21. The number of benzene rings is 2. The maximum absolute atomic E-state index is 12.0. The first-order chi connectivity index (χ1) is 17.3. The van der Waals surface area contributed by atoms with Crippen LogP contribution in [-0.2, 0) is 9.59 Å². The van der Waals surface area contributed by atoms with Gasteiger partial charge in [0.15, 0.2) is 0 Å². The third kappa shape index (κ3) is 8.30. The zero-order valence-corrected chi connectivity index (χ0v) is 21.4. The number of carbonyl (C=O) groups excluding carboxylic acids is 2. The molecule has 0 saturated heterocycles. The topological polar surface area (TPSA) is 130 Å². The molecule has 2 rings (SSSR count). The molecule has 0 saturated carbocycles. The number of rotatable bonds is 13. The van der Waals surface area contributed by atoms with E-state index in [0.717, 1.165) is 37.6 Å². The van der Waals surface area contributed by atoms with Crippen LogP contribution in [-0.4, -0.2) is 60.6 Å². The summed E-state index contributed by atoms with van der Waals surface area (Å²) in [6.07, 6.45) is 2.52. The predicted octanol–water partition coefficient (Wildman–Crippen LogP) is 3.17. The van der Waals surface area contributed by atoms with Gasteiger partial charge in [-0.1, -0.05) is 0 Å². The standard InChI is InChI=1S/C26H36N6O4/c1-5-31(6-2)21-11-9-19(23(33)15-21)17-27-29-25(35)13-14-26(36)30-28-18-20-10-12-22(16-24(20)34)32(7-3)8-4/h9-12,15-18,33-34H,5-8,13-14H2,1-4H3,(H,29,35)(H,30,36)/b27-17+,28-18+. The van der Waals surface area contributed by atoms with E-state index in [4.69, 9.17) is 0 Å². The molecule has 4 N–H and O–H groups in total. The van der Waals surface area contributed by atoms with Crippen LogP contribution >= 0.6 is 0 Å². The number of nitrogens with one attached hydrogen (secondary N) is 2. The summed E-state index contributed by atoms with van der Waals surface area (Å²) in [7, 11) is 0. The van der Waals surface area contributed by atoms with E-state index in [1.807, 2.05) is 39.8 Å². The number of phenols is 2. The molecule has 0 radical (unpaired) electrons. The molecule has 10 nitrogen and oxygen atoms in total. The van der Waals surface area contributed by atoms with Crippen LogP contribution < -0.4 is 20.7 Å². The van der Waals surface area contributed by atoms with E-state index in [9.17, 15) is 19.8 Å². The Kier molecular flexibility index (Phi) is 11.2. The fraction of sp³-hybridized carbons (Fsp3) is 0.385. The van der Waals surface area contributed by atoms with Crippen molar-refractivity contribution in [3.63, 3.8) is 0 Å².